The fourth-order valence-corrected chi connectivity index (χ4v) is 3.32. The van der Waals surface area contributed by atoms with Gasteiger partial charge in [0.25, 0.3) is 0 Å². The quantitative estimate of drug-likeness (QED) is 0.741. The summed E-state index contributed by atoms with van der Waals surface area (Å²) in [6.07, 6.45) is 5.58. The van der Waals surface area contributed by atoms with E-state index in [2.05, 4.69) is 9.80 Å². The van der Waals surface area contributed by atoms with Crippen LogP contribution in [0.3, 0.4) is 0 Å². The lowest BCUT2D eigenvalue weighted by Crippen LogP contribution is -2.57. The normalized spacial score (nSPS) is 28.4. The van der Waals surface area contributed by atoms with E-state index in [4.69, 9.17) is 5.73 Å². The zero-order valence-corrected chi connectivity index (χ0v) is 11.0. The van der Waals surface area contributed by atoms with E-state index < -0.39 is 0 Å². The van der Waals surface area contributed by atoms with Crippen molar-refractivity contribution in [3.8, 4) is 0 Å². The van der Waals surface area contributed by atoms with E-state index >= 15 is 0 Å². The molecular weight excluding hydrogens is 214 g/mol. The Bertz CT molecular complexity index is 221. The molecule has 1 aliphatic heterocycles. The van der Waals surface area contributed by atoms with Gasteiger partial charge >= 0.3 is 0 Å². The van der Waals surface area contributed by atoms with Crippen molar-refractivity contribution in [1.82, 2.24) is 9.80 Å². The van der Waals surface area contributed by atoms with Crippen LogP contribution in [-0.2, 0) is 0 Å². The molecule has 0 spiro atoms. The zero-order valence-electron chi connectivity index (χ0n) is 11.0. The molecule has 17 heavy (non-hydrogen) atoms. The highest BCUT2D eigenvalue weighted by Gasteiger charge is 2.29. The number of piperazine rings is 1. The minimum atomic E-state index is 0.0537. The SMILES string of the molecule is CC(N)C(CO)N1CCN(C2CCCC2)CC1. The molecule has 3 N–H and O–H groups in total. The van der Waals surface area contributed by atoms with Crippen molar-refractivity contribution in [3.63, 3.8) is 0 Å². The molecule has 2 unspecified atom stereocenters. The first-order valence-corrected chi connectivity index (χ1v) is 7.07. The van der Waals surface area contributed by atoms with Crippen molar-refractivity contribution in [2.75, 3.05) is 32.8 Å². The first-order chi connectivity index (χ1) is 8.22. The lowest BCUT2D eigenvalue weighted by molar-refractivity contribution is 0.0406. The number of nitrogens with zero attached hydrogens (tertiary/aromatic N) is 2. The highest BCUT2D eigenvalue weighted by Crippen LogP contribution is 2.24. The minimum absolute atomic E-state index is 0.0537. The van der Waals surface area contributed by atoms with Crippen molar-refractivity contribution >= 4 is 0 Å². The van der Waals surface area contributed by atoms with Gasteiger partial charge in [-0.15, -0.1) is 0 Å². The Hall–Kier alpha value is -0.160. The molecule has 100 valence electrons. The summed E-state index contributed by atoms with van der Waals surface area (Å²) in [6, 6.07) is 1.03. The molecule has 2 rings (SSSR count). The van der Waals surface area contributed by atoms with E-state index in [1.165, 1.54) is 25.7 Å². The standard InChI is InChI=1S/C13H27N3O/c1-11(14)13(10-17)16-8-6-15(7-9-16)12-4-2-3-5-12/h11-13,17H,2-10,14H2,1H3. The molecule has 1 heterocycles. The van der Waals surface area contributed by atoms with Crippen LogP contribution in [0.5, 0.6) is 0 Å². The van der Waals surface area contributed by atoms with Crippen molar-refractivity contribution in [1.29, 1.82) is 0 Å². The number of rotatable bonds is 4. The van der Waals surface area contributed by atoms with E-state index in [0.29, 0.717) is 0 Å². The van der Waals surface area contributed by atoms with E-state index in [9.17, 15) is 5.11 Å². The maximum absolute atomic E-state index is 9.39. The predicted molar refractivity (Wildman–Crippen MR) is 69.9 cm³/mol. The third-order valence-corrected chi connectivity index (χ3v) is 4.45. The van der Waals surface area contributed by atoms with Crippen LogP contribution in [0.1, 0.15) is 32.6 Å². The Morgan fingerprint density at radius 1 is 1.18 bits per heavy atom. The first-order valence-electron chi connectivity index (χ1n) is 7.07. The van der Waals surface area contributed by atoms with E-state index in [0.717, 1.165) is 32.2 Å². The van der Waals surface area contributed by atoms with Gasteiger partial charge in [0.2, 0.25) is 0 Å². The van der Waals surface area contributed by atoms with Crippen molar-refractivity contribution in [3.05, 3.63) is 0 Å². The van der Waals surface area contributed by atoms with Gasteiger partial charge < -0.3 is 10.8 Å². The highest BCUT2D eigenvalue weighted by molar-refractivity contribution is 4.86. The summed E-state index contributed by atoms with van der Waals surface area (Å²) in [5.74, 6) is 0. The first kappa shape index (κ1) is 13.3. The fraction of sp³-hybridized carbons (Fsp3) is 1.00. The molecule has 0 aromatic heterocycles. The molecule has 2 fully saturated rings. The fourth-order valence-electron chi connectivity index (χ4n) is 3.32. The van der Waals surface area contributed by atoms with Crippen LogP contribution in [0.15, 0.2) is 0 Å². The number of hydrogen-bond acceptors (Lipinski definition) is 4. The van der Waals surface area contributed by atoms with Gasteiger partial charge in [-0.2, -0.15) is 0 Å². The van der Waals surface area contributed by atoms with Crippen LogP contribution in [0.25, 0.3) is 0 Å². The summed E-state index contributed by atoms with van der Waals surface area (Å²) in [7, 11) is 0. The topological polar surface area (TPSA) is 52.7 Å². The average molecular weight is 241 g/mol. The lowest BCUT2D eigenvalue weighted by Gasteiger charge is -2.42. The van der Waals surface area contributed by atoms with Gasteiger partial charge in [0.15, 0.2) is 0 Å². The molecular formula is C13H27N3O. The summed E-state index contributed by atoms with van der Waals surface area (Å²) in [4.78, 5) is 5.00. The monoisotopic (exact) mass is 241 g/mol. The van der Waals surface area contributed by atoms with Gasteiger partial charge in [0.1, 0.15) is 0 Å². The molecule has 1 saturated heterocycles. The molecule has 2 atom stereocenters. The average Bonchev–Trinajstić information content (AvgIpc) is 2.84. The van der Waals surface area contributed by atoms with Crippen molar-refractivity contribution in [2.24, 2.45) is 5.73 Å². The van der Waals surface area contributed by atoms with Crippen LogP contribution in [0.2, 0.25) is 0 Å². The summed E-state index contributed by atoms with van der Waals surface area (Å²) in [5, 5.41) is 9.39. The van der Waals surface area contributed by atoms with Gasteiger partial charge in [0.05, 0.1) is 6.61 Å². The van der Waals surface area contributed by atoms with Gasteiger partial charge in [-0.1, -0.05) is 12.8 Å². The minimum Gasteiger partial charge on any atom is -0.395 e. The maximum atomic E-state index is 9.39. The molecule has 0 radical (unpaired) electrons. The molecule has 0 aromatic rings. The molecule has 4 nitrogen and oxygen atoms in total. The Morgan fingerprint density at radius 2 is 1.76 bits per heavy atom. The van der Waals surface area contributed by atoms with Crippen molar-refractivity contribution < 1.29 is 5.11 Å². The van der Waals surface area contributed by atoms with Crippen molar-refractivity contribution in [2.45, 2.75) is 50.7 Å². The molecule has 2 aliphatic rings. The largest absolute Gasteiger partial charge is 0.395 e. The predicted octanol–water partition coefficient (Wildman–Crippen LogP) is 0.255. The molecule has 1 saturated carbocycles. The number of aliphatic hydroxyl groups excluding tert-OH is 1. The highest BCUT2D eigenvalue weighted by atomic mass is 16.3. The number of nitrogens with two attached hydrogens (primary N) is 1. The van der Waals surface area contributed by atoms with Crippen LogP contribution in [0, 0.1) is 0 Å². The van der Waals surface area contributed by atoms with Crippen LogP contribution < -0.4 is 5.73 Å². The van der Waals surface area contributed by atoms with Gasteiger partial charge in [0, 0.05) is 44.3 Å². The van der Waals surface area contributed by atoms with Crippen LogP contribution >= 0.6 is 0 Å². The maximum Gasteiger partial charge on any atom is 0.0601 e. The lowest BCUT2D eigenvalue weighted by atomic mass is 10.1. The van der Waals surface area contributed by atoms with E-state index in [1.807, 2.05) is 6.92 Å². The molecule has 0 amide bonds. The molecule has 4 heteroatoms. The zero-order chi connectivity index (χ0) is 12.3. The van der Waals surface area contributed by atoms with Gasteiger partial charge in [-0.3, -0.25) is 9.80 Å². The second kappa shape index (κ2) is 6.14. The molecule has 0 bridgehead atoms. The summed E-state index contributed by atoms with van der Waals surface area (Å²) < 4.78 is 0. The smallest absolute Gasteiger partial charge is 0.0601 e. The Balaban J connectivity index is 1.80. The molecule has 1 aliphatic carbocycles. The van der Waals surface area contributed by atoms with Gasteiger partial charge in [-0.25, -0.2) is 0 Å². The Kier molecular flexibility index (Phi) is 4.79. The molecule has 0 aromatic carbocycles. The van der Waals surface area contributed by atoms with Crippen LogP contribution in [0.4, 0.5) is 0 Å². The number of hydrogen-bond donors (Lipinski definition) is 2. The second-order valence-corrected chi connectivity index (χ2v) is 5.62. The third-order valence-electron chi connectivity index (χ3n) is 4.45. The summed E-state index contributed by atoms with van der Waals surface area (Å²) >= 11 is 0. The Morgan fingerprint density at radius 3 is 2.24 bits per heavy atom. The third kappa shape index (κ3) is 3.19. The van der Waals surface area contributed by atoms with E-state index in [1.54, 1.807) is 0 Å². The summed E-state index contributed by atoms with van der Waals surface area (Å²) in [6.45, 7) is 6.58. The van der Waals surface area contributed by atoms with Gasteiger partial charge in [-0.05, 0) is 19.8 Å². The second-order valence-electron chi connectivity index (χ2n) is 5.62. The Labute approximate surface area is 105 Å². The summed E-state index contributed by atoms with van der Waals surface area (Å²) in [5.41, 5.74) is 5.92. The number of aliphatic hydroxyl groups is 1. The van der Waals surface area contributed by atoms with Crippen LogP contribution in [-0.4, -0.2) is 65.8 Å². The van der Waals surface area contributed by atoms with E-state index in [-0.39, 0.29) is 18.7 Å².